The number of hydrogen-bond acceptors (Lipinski definition) is 2. The van der Waals surface area contributed by atoms with E-state index in [2.05, 4.69) is 34.9 Å². The first-order chi connectivity index (χ1) is 8.18. The Kier molecular flexibility index (Phi) is 3.79. The van der Waals surface area contributed by atoms with Crippen LogP contribution in [-0.4, -0.2) is 25.0 Å². The number of nitrogens with one attached hydrogen (secondary N) is 2. The van der Waals surface area contributed by atoms with Crippen molar-refractivity contribution in [2.24, 2.45) is 5.92 Å². The molecular weight excluding hydrogens is 212 g/mol. The molecule has 1 aliphatic rings. The van der Waals surface area contributed by atoms with E-state index in [4.69, 9.17) is 0 Å². The first-order valence-electron chi connectivity index (χ1n) is 6.24. The minimum Gasteiger partial charge on any atom is -0.351 e. The van der Waals surface area contributed by atoms with Crippen molar-refractivity contribution in [1.29, 1.82) is 0 Å². The fraction of sp³-hybridized carbons (Fsp3) is 0.500. The second-order valence-corrected chi connectivity index (χ2v) is 4.95. The molecule has 1 aromatic rings. The molecule has 1 aromatic carbocycles. The Labute approximate surface area is 103 Å². The van der Waals surface area contributed by atoms with E-state index in [1.54, 1.807) is 0 Å². The molecule has 0 saturated carbocycles. The second kappa shape index (κ2) is 5.32. The van der Waals surface area contributed by atoms with Crippen molar-refractivity contribution in [1.82, 2.24) is 10.6 Å². The van der Waals surface area contributed by atoms with Gasteiger partial charge in [-0.15, -0.1) is 0 Å². The molecule has 1 amide bonds. The monoisotopic (exact) mass is 232 g/mol. The van der Waals surface area contributed by atoms with Crippen LogP contribution in [0.4, 0.5) is 0 Å². The van der Waals surface area contributed by atoms with E-state index < -0.39 is 0 Å². The molecule has 0 radical (unpaired) electrons. The highest BCUT2D eigenvalue weighted by Gasteiger charge is 2.29. The molecule has 0 spiro atoms. The largest absolute Gasteiger partial charge is 0.351 e. The molecular formula is C14H20N2O. The number of carbonyl (C=O) groups excluding carboxylic acids is 1. The molecule has 1 fully saturated rings. The molecule has 3 heteroatoms. The molecule has 17 heavy (non-hydrogen) atoms. The van der Waals surface area contributed by atoms with Crippen LogP contribution in [0, 0.1) is 5.92 Å². The van der Waals surface area contributed by atoms with Crippen molar-refractivity contribution in [2.45, 2.75) is 25.8 Å². The number of hydrogen-bond donors (Lipinski definition) is 2. The van der Waals surface area contributed by atoms with Gasteiger partial charge in [-0.05, 0) is 5.56 Å². The van der Waals surface area contributed by atoms with Gasteiger partial charge in [0.25, 0.3) is 0 Å². The molecule has 1 aliphatic heterocycles. The van der Waals surface area contributed by atoms with Crippen LogP contribution < -0.4 is 10.6 Å². The third-order valence-corrected chi connectivity index (χ3v) is 3.29. The van der Waals surface area contributed by atoms with Crippen LogP contribution in [0.3, 0.4) is 0 Å². The highest BCUT2D eigenvalue weighted by molar-refractivity contribution is 5.78. The van der Waals surface area contributed by atoms with Crippen molar-refractivity contribution >= 4 is 5.91 Å². The van der Waals surface area contributed by atoms with E-state index in [-0.39, 0.29) is 17.9 Å². The Hall–Kier alpha value is -1.35. The van der Waals surface area contributed by atoms with Crippen molar-refractivity contribution in [2.75, 3.05) is 13.1 Å². The van der Waals surface area contributed by atoms with Gasteiger partial charge < -0.3 is 10.6 Å². The fourth-order valence-electron chi connectivity index (χ4n) is 2.23. The zero-order chi connectivity index (χ0) is 12.3. The molecule has 2 N–H and O–H groups in total. The fourth-order valence-corrected chi connectivity index (χ4v) is 2.23. The summed E-state index contributed by atoms with van der Waals surface area (Å²) in [6, 6.07) is 10.6. The second-order valence-electron chi connectivity index (χ2n) is 4.95. The lowest BCUT2D eigenvalue weighted by Gasteiger charge is -2.21. The quantitative estimate of drug-likeness (QED) is 0.829. The van der Waals surface area contributed by atoms with Crippen LogP contribution in [0.1, 0.15) is 25.3 Å². The summed E-state index contributed by atoms with van der Waals surface area (Å²) in [4.78, 5) is 11.7. The van der Waals surface area contributed by atoms with Gasteiger partial charge in [-0.25, -0.2) is 0 Å². The average Bonchev–Trinajstić information content (AvgIpc) is 2.78. The van der Waals surface area contributed by atoms with Crippen molar-refractivity contribution < 1.29 is 4.79 Å². The van der Waals surface area contributed by atoms with Gasteiger partial charge >= 0.3 is 0 Å². The van der Waals surface area contributed by atoms with Gasteiger partial charge in [0.1, 0.15) is 0 Å². The molecule has 1 saturated heterocycles. The molecule has 0 bridgehead atoms. The van der Waals surface area contributed by atoms with Gasteiger partial charge in [0, 0.05) is 31.0 Å². The van der Waals surface area contributed by atoms with E-state index >= 15 is 0 Å². The highest BCUT2D eigenvalue weighted by Crippen LogP contribution is 2.22. The van der Waals surface area contributed by atoms with Crippen molar-refractivity contribution in [3.05, 3.63) is 35.9 Å². The minimum absolute atomic E-state index is 0.0482. The summed E-state index contributed by atoms with van der Waals surface area (Å²) < 4.78 is 0. The summed E-state index contributed by atoms with van der Waals surface area (Å²) in [5, 5.41) is 6.48. The van der Waals surface area contributed by atoms with Gasteiger partial charge in [0.15, 0.2) is 0 Å². The lowest BCUT2D eigenvalue weighted by atomic mass is 9.94. The zero-order valence-corrected chi connectivity index (χ0v) is 10.4. The summed E-state index contributed by atoms with van der Waals surface area (Å²) >= 11 is 0. The molecule has 0 aliphatic carbocycles. The maximum atomic E-state index is 11.7. The zero-order valence-electron chi connectivity index (χ0n) is 10.4. The Morgan fingerprint density at radius 1 is 1.29 bits per heavy atom. The van der Waals surface area contributed by atoms with Gasteiger partial charge in [0.05, 0.1) is 0 Å². The Morgan fingerprint density at radius 3 is 2.65 bits per heavy atom. The normalized spacial score (nSPS) is 23.9. The van der Waals surface area contributed by atoms with E-state index in [1.165, 1.54) is 5.56 Å². The number of carbonyl (C=O) groups is 1. The number of amides is 1. The lowest BCUT2D eigenvalue weighted by molar-refractivity contribution is -0.124. The SMILES string of the molecule is CC(C)C(=O)NC1CNCC1c1ccccc1. The predicted molar refractivity (Wildman–Crippen MR) is 68.8 cm³/mol. The van der Waals surface area contributed by atoms with Gasteiger partial charge in [-0.3, -0.25) is 4.79 Å². The molecule has 2 atom stereocenters. The Balaban J connectivity index is 2.05. The van der Waals surface area contributed by atoms with Crippen LogP contribution in [0.2, 0.25) is 0 Å². The van der Waals surface area contributed by atoms with E-state index in [0.717, 1.165) is 13.1 Å². The Bertz CT molecular complexity index is 375. The summed E-state index contributed by atoms with van der Waals surface area (Å²) in [7, 11) is 0. The van der Waals surface area contributed by atoms with Crippen LogP contribution in [0.5, 0.6) is 0 Å². The molecule has 0 aromatic heterocycles. The maximum Gasteiger partial charge on any atom is 0.222 e. The molecule has 92 valence electrons. The first kappa shape index (κ1) is 12.1. The summed E-state index contributed by atoms with van der Waals surface area (Å²) in [5.74, 6) is 0.575. The molecule has 2 unspecified atom stereocenters. The van der Waals surface area contributed by atoms with Crippen LogP contribution in [0.25, 0.3) is 0 Å². The van der Waals surface area contributed by atoms with Crippen LogP contribution in [-0.2, 0) is 4.79 Å². The standard InChI is InChI=1S/C14H20N2O/c1-10(2)14(17)16-13-9-15-8-12(13)11-6-4-3-5-7-11/h3-7,10,12-13,15H,8-9H2,1-2H3,(H,16,17). The third-order valence-electron chi connectivity index (χ3n) is 3.29. The highest BCUT2D eigenvalue weighted by atomic mass is 16.1. The van der Waals surface area contributed by atoms with Gasteiger partial charge in [-0.1, -0.05) is 44.2 Å². The minimum atomic E-state index is 0.0482. The van der Waals surface area contributed by atoms with Gasteiger partial charge in [0.2, 0.25) is 5.91 Å². The smallest absolute Gasteiger partial charge is 0.222 e. The summed E-state index contributed by atoms with van der Waals surface area (Å²) in [6.45, 7) is 5.65. The number of rotatable bonds is 3. The third kappa shape index (κ3) is 2.86. The lowest BCUT2D eigenvalue weighted by Crippen LogP contribution is -2.41. The molecule has 1 heterocycles. The van der Waals surface area contributed by atoms with Crippen molar-refractivity contribution in [3.8, 4) is 0 Å². The summed E-state index contributed by atoms with van der Waals surface area (Å²) in [6.07, 6.45) is 0. The average molecular weight is 232 g/mol. The summed E-state index contributed by atoms with van der Waals surface area (Å²) in [5.41, 5.74) is 1.30. The van der Waals surface area contributed by atoms with E-state index in [0.29, 0.717) is 5.92 Å². The van der Waals surface area contributed by atoms with Crippen LogP contribution >= 0.6 is 0 Å². The topological polar surface area (TPSA) is 41.1 Å². The van der Waals surface area contributed by atoms with E-state index in [1.807, 2.05) is 19.9 Å². The molecule has 2 rings (SSSR count). The Morgan fingerprint density at radius 2 is 2.00 bits per heavy atom. The van der Waals surface area contributed by atoms with E-state index in [9.17, 15) is 4.79 Å². The van der Waals surface area contributed by atoms with Gasteiger partial charge in [-0.2, -0.15) is 0 Å². The van der Waals surface area contributed by atoms with Crippen LogP contribution in [0.15, 0.2) is 30.3 Å². The maximum absolute atomic E-state index is 11.7. The predicted octanol–water partition coefficient (Wildman–Crippen LogP) is 1.51. The van der Waals surface area contributed by atoms with Crippen molar-refractivity contribution in [3.63, 3.8) is 0 Å². The molecule has 3 nitrogen and oxygen atoms in total. The first-order valence-corrected chi connectivity index (χ1v) is 6.24. The number of benzene rings is 1.